The summed E-state index contributed by atoms with van der Waals surface area (Å²) < 4.78 is 32.3. The quantitative estimate of drug-likeness (QED) is 0.409. The Kier molecular flexibility index (Phi) is 5.96. The van der Waals surface area contributed by atoms with E-state index in [4.69, 9.17) is 16.1 Å². The van der Waals surface area contributed by atoms with E-state index in [1.54, 1.807) is 24.3 Å². The molecule has 32 heavy (non-hydrogen) atoms. The zero-order chi connectivity index (χ0) is 22.9. The van der Waals surface area contributed by atoms with Crippen molar-refractivity contribution in [2.45, 2.75) is 4.90 Å². The van der Waals surface area contributed by atoms with E-state index < -0.39 is 26.5 Å². The number of nitro groups is 1. The third kappa shape index (κ3) is 4.22. The molecule has 4 rings (SSSR count). The molecule has 0 unspecified atom stereocenters. The lowest BCUT2D eigenvalue weighted by Gasteiger charge is -2.33. The highest BCUT2D eigenvalue weighted by Crippen LogP contribution is 2.28. The molecule has 0 spiro atoms. The van der Waals surface area contributed by atoms with E-state index in [0.717, 1.165) is 10.4 Å². The van der Waals surface area contributed by atoms with E-state index in [1.807, 2.05) is 0 Å². The summed E-state index contributed by atoms with van der Waals surface area (Å²) in [6.45, 7) is 0.217. The molecule has 1 amide bonds. The highest BCUT2D eigenvalue weighted by atomic mass is 35.5. The molecule has 0 bridgehead atoms. The average Bonchev–Trinajstić information content (AvgIpc) is 3.29. The van der Waals surface area contributed by atoms with E-state index in [0.29, 0.717) is 16.3 Å². The lowest BCUT2D eigenvalue weighted by atomic mass is 10.1. The first-order chi connectivity index (χ1) is 15.3. The molecule has 0 aliphatic carbocycles. The second kappa shape index (κ2) is 8.69. The maximum atomic E-state index is 12.9. The molecule has 1 aliphatic rings. The van der Waals surface area contributed by atoms with E-state index in [-0.39, 0.29) is 36.8 Å². The van der Waals surface area contributed by atoms with E-state index in [2.05, 4.69) is 5.16 Å². The van der Waals surface area contributed by atoms with Crippen molar-refractivity contribution in [3.05, 3.63) is 75.4 Å². The summed E-state index contributed by atoms with van der Waals surface area (Å²) in [5.41, 5.74) is 0.279. The van der Waals surface area contributed by atoms with Gasteiger partial charge in [0.2, 0.25) is 10.0 Å². The van der Waals surface area contributed by atoms with Gasteiger partial charge in [0.1, 0.15) is 0 Å². The molecule has 2 aromatic carbocycles. The number of benzene rings is 2. The van der Waals surface area contributed by atoms with Crippen molar-refractivity contribution in [2.24, 2.45) is 0 Å². The van der Waals surface area contributed by atoms with Crippen LogP contribution in [0, 0.1) is 10.1 Å². The van der Waals surface area contributed by atoms with Crippen LogP contribution >= 0.6 is 11.6 Å². The summed E-state index contributed by atoms with van der Waals surface area (Å²) in [5.74, 6) is -0.0155. The number of amides is 1. The summed E-state index contributed by atoms with van der Waals surface area (Å²) in [6, 6.07) is 13.6. The van der Waals surface area contributed by atoms with Crippen molar-refractivity contribution < 1.29 is 22.7 Å². The summed E-state index contributed by atoms with van der Waals surface area (Å²) >= 11 is 5.98. The fraction of sp³-hybridized carbons (Fsp3) is 0.200. The molecule has 12 heteroatoms. The topological polar surface area (TPSA) is 127 Å². The largest absolute Gasteiger partial charge is 0.355 e. The van der Waals surface area contributed by atoms with Crippen molar-refractivity contribution in [1.29, 1.82) is 0 Å². The van der Waals surface area contributed by atoms with Gasteiger partial charge in [-0.2, -0.15) is 4.31 Å². The number of aromatic nitrogens is 1. The average molecular weight is 477 g/mol. The second-order valence-corrected chi connectivity index (χ2v) is 9.35. The van der Waals surface area contributed by atoms with Crippen LogP contribution in [0.2, 0.25) is 5.02 Å². The molecule has 0 atom stereocenters. The lowest BCUT2D eigenvalue weighted by molar-refractivity contribution is -0.387. The van der Waals surface area contributed by atoms with Crippen LogP contribution in [0.4, 0.5) is 5.69 Å². The Morgan fingerprint density at radius 1 is 1.06 bits per heavy atom. The molecule has 0 N–H and O–H groups in total. The Balaban J connectivity index is 1.46. The van der Waals surface area contributed by atoms with E-state index in [9.17, 15) is 23.3 Å². The van der Waals surface area contributed by atoms with Crippen molar-refractivity contribution >= 4 is 33.2 Å². The van der Waals surface area contributed by atoms with Gasteiger partial charge >= 0.3 is 0 Å². The Morgan fingerprint density at radius 3 is 2.47 bits per heavy atom. The molecule has 3 aromatic rings. The molecule has 0 saturated carbocycles. The van der Waals surface area contributed by atoms with Gasteiger partial charge in [-0.1, -0.05) is 41.0 Å². The van der Waals surface area contributed by atoms with Crippen molar-refractivity contribution in [3.8, 4) is 11.3 Å². The molecule has 1 fully saturated rings. The van der Waals surface area contributed by atoms with E-state index >= 15 is 0 Å². The minimum absolute atomic E-state index is 0.000869. The molecular weight excluding hydrogens is 460 g/mol. The number of nitro benzene ring substituents is 1. The number of nitrogens with zero attached hydrogens (tertiary/aromatic N) is 4. The van der Waals surface area contributed by atoms with Gasteiger partial charge in [0.25, 0.3) is 11.6 Å². The normalized spacial score (nSPS) is 15.0. The van der Waals surface area contributed by atoms with Gasteiger partial charge in [-0.05, 0) is 18.2 Å². The lowest BCUT2D eigenvalue weighted by Crippen LogP contribution is -2.50. The number of hydrogen-bond donors (Lipinski definition) is 0. The predicted molar refractivity (Wildman–Crippen MR) is 115 cm³/mol. The first-order valence-electron chi connectivity index (χ1n) is 9.53. The van der Waals surface area contributed by atoms with Crippen LogP contribution in [0.25, 0.3) is 11.3 Å². The number of piperazine rings is 1. The van der Waals surface area contributed by atoms with Crippen molar-refractivity contribution in [1.82, 2.24) is 14.4 Å². The summed E-state index contributed by atoms with van der Waals surface area (Å²) in [5, 5.41) is 15.6. The van der Waals surface area contributed by atoms with Crippen molar-refractivity contribution in [2.75, 3.05) is 26.2 Å². The monoisotopic (exact) mass is 476 g/mol. The fourth-order valence-corrected chi connectivity index (χ4v) is 5.18. The first kappa shape index (κ1) is 21.9. The van der Waals surface area contributed by atoms with Gasteiger partial charge in [-0.3, -0.25) is 14.9 Å². The first-order valence-corrected chi connectivity index (χ1v) is 11.3. The smallest absolute Gasteiger partial charge is 0.289 e. The number of para-hydroxylation sites is 1. The van der Waals surface area contributed by atoms with Crippen LogP contribution < -0.4 is 0 Å². The highest BCUT2D eigenvalue weighted by Gasteiger charge is 2.35. The van der Waals surface area contributed by atoms with Gasteiger partial charge < -0.3 is 9.42 Å². The SMILES string of the molecule is O=C(c1cc(-c2cccc(Cl)c2)on1)N1CCN(S(=O)(=O)c2ccccc2[N+](=O)[O-])CC1. The highest BCUT2D eigenvalue weighted by molar-refractivity contribution is 7.89. The van der Waals surface area contributed by atoms with Crippen LogP contribution in [0.3, 0.4) is 0 Å². The fourth-order valence-electron chi connectivity index (χ4n) is 3.41. The summed E-state index contributed by atoms with van der Waals surface area (Å²) in [4.78, 5) is 24.4. The Bertz CT molecular complexity index is 1280. The predicted octanol–water partition coefficient (Wildman–Crippen LogP) is 3.05. The van der Waals surface area contributed by atoms with Gasteiger partial charge in [0, 0.05) is 48.9 Å². The van der Waals surface area contributed by atoms with Crippen LogP contribution in [-0.4, -0.2) is 59.8 Å². The van der Waals surface area contributed by atoms with Gasteiger partial charge in [0.15, 0.2) is 16.3 Å². The van der Waals surface area contributed by atoms with Gasteiger partial charge in [0.05, 0.1) is 4.92 Å². The maximum Gasteiger partial charge on any atom is 0.289 e. The van der Waals surface area contributed by atoms with Gasteiger partial charge in [-0.25, -0.2) is 8.42 Å². The molecule has 10 nitrogen and oxygen atoms in total. The maximum absolute atomic E-state index is 12.9. The molecule has 1 aliphatic heterocycles. The summed E-state index contributed by atoms with van der Waals surface area (Å²) in [6.07, 6.45) is 0. The third-order valence-electron chi connectivity index (χ3n) is 5.04. The number of sulfonamides is 1. The Hall–Kier alpha value is -3.28. The minimum Gasteiger partial charge on any atom is -0.355 e. The molecular formula is C20H17ClN4O6S. The van der Waals surface area contributed by atoms with Crippen LogP contribution in [0.5, 0.6) is 0 Å². The third-order valence-corrected chi connectivity index (χ3v) is 7.23. The molecule has 1 aromatic heterocycles. The molecule has 1 saturated heterocycles. The number of carbonyl (C=O) groups is 1. The Morgan fingerprint density at radius 2 is 1.78 bits per heavy atom. The summed E-state index contributed by atoms with van der Waals surface area (Å²) in [7, 11) is -4.08. The second-order valence-electron chi connectivity index (χ2n) is 7.01. The van der Waals surface area contributed by atoms with Crippen molar-refractivity contribution in [3.63, 3.8) is 0 Å². The number of rotatable bonds is 5. The Labute approximate surface area is 188 Å². The zero-order valence-electron chi connectivity index (χ0n) is 16.5. The van der Waals surface area contributed by atoms with Gasteiger partial charge in [-0.15, -0.1) is 0 Å². The van der Waals surface area contributed by atoms with Crippen LogP contribution in [-0.2, 0) is 10.0 Å². The number of halogens is 1. The number of carbonyl (C=O) groups excluding carboxylic acids is 1. The zero-order valence-corrected chi connectivity index (χ0v) is 18.1. The molecule has 0 radical (unpaired) electrons. The number of hydrogen-bond acceptors (Lipinski definition) is 7. The minimum atomic E-state index is -4.08. The molecule has 166 valence electrons. The molecule has 2 heterocycles. The van der Waals surface area contributed by atoms with Crippen LogP contribution in [0.1, 0.15) is 10.5 Å². The van der Waals surface area contributed by atoms with Crippen LogP contribution in [0.15, 0.2) is 64.0 Å². The van der Waals surface area contributed by atoms with E-state index in [1.165, 1.54) is 29.2 Å². The standard InChI is InChI=1S/C20H17ClN4O6S/c21-15-5-3-4-14(12-15)18-13-16(22-31-18)20(26)23-8-10-24(11-9-23)32(29,30)19-7-2-1-6-17(19)25(27)28/h1-7,12-13H,8-11H2.